The zero-order valence-corrected chi connectivity index (χ0v) is 12.9. The van der Waals surface area contributed by atoms with Crippen molar-refractivity contribution in [3.8, 4) is 0 Å². The number of ether oxygens (including phenoxy) is 1. The molecule has 0 radical (unpaired) electrons. The van der Waals surface area contributed by atoms with E-state index in [1.807, 2.05) is 25.1 Å². The average molecular weight is 291 g/mol. The van der Waals surface area contributed by atoms with Crippen molar-refractivity contribution in [2.75, 3.05) is 24.6 Å². The first-order valence-corrected chi connectivity index (χ1v) is 7.79. The molecule has 4 heteroatoms. The minimum absolute atomic E-state index is 0.268. The standard InChI is InChI=1S/C17H25NO3/c1-3-15(16(19)21-4-2)17(20)10-12-18(13-11-17)14-8-6-5-7-9-14/h5-9,15,20H,3-4,10-13H2,1-2H3. The molecule has 0 bridgehead atoms. The number of esters is 1. The van der Waals surface area contributed by atoms with Gasteiger partial charge in [-0.2, -0.15) is 0 Å². The lowest BCUT2D eigenvalue weighted by atomic mass is 9.78. The molecule has 1 fully saturated rings. The molecular weight excluding hydrogens is 266 g/mol. The van der Waals surface area contributed by atoms with Crippen molar-refractivity contribution in [2.24, 2.45) is 5.92 Å². The van der Waals surface area contributed by atoms with E-state index in [9.17, 15) is 9.90 Å². The first-order chi connectivity index (χ1) is 10.1. The number of nitrogens with zero attached hydrogens (tertiary/aromatic N) is 1. The van der Waals surface area contributed by atoms with Crippen molar-refractivity contribution in [3.63, 3.8) is 0 Å². The van der Waals surface area contributed by atoms with Crippen LogP contribution in [-0.4, -0.2) is 36.4 Å². The largest absolute Gasteiger partial charge is 0.466 e. The molecule has 1 aromatic rings. The van der Waals surface area contributed by atoms with E-state index in [1.165, 1.54) is 5.69 Å². The van der Waals surface area contributed by atoms with Crippen LogP contribution in [0, 0.1) is 5.92 Å². The Hall–Kier alpha value is -1.55. The average Bonchev–Trinajstić information content (AvgIpc) is 2.49. The second-order valence-electron chi connectivity index (χ2n) is 5.64. The number of para-hydroxylation sites is 1. The molecule has 2 rings (SSSR count). The Morgan fingerprint density at radius 1 is 1.29 bits per heavy atom. The van der Waals surface area contributed by atoms with Gasteiger partial charge in [0.15, 0.2) is 0 Å². The van der Waals surface area contributed by atoms with Crippen LogP contribution in [0.3, 0.4) is 0 Å². The first kappa shape index (κ1) is 15.8. The molecule has 1 unspecified atom stereocenters. The van der Waals surface area contributed by atoms with Gasteiger partial charge < -0.3 is 14.7 Å². The number of piperidine rings is 1. The van der Waals surface area contributed by atoms with Gasteiger partial charge in [-0.05, 0) is 38.3 Å². The second kappa shape index (κ2) is 6.94. The van der Waals surface area contributed by atoms with Gasteiger partial charge in [-0.15, -0.1) is 0 Å². The number of hydrogen-bond donors (Lipinski definition) is 1. The first-order valence-electron chi connectivity index (χ1n) is 7.79. The summed E-state index contributed by atoms with van der Waals surface area (Å²) in [5.74, 6) is -0.689. The fourth-order valence-corrected chi connectivity index (χ4v) is 3.15. The Kier molecular flexibility index (Phi) is 5.23. The number of carbonyl (C=O) groups is 1. The van der Waals surface area contributed by atoms with Gasteiger partial charge in [0.25, 0.3) is 0 Å². The molecule has 0 spiro atoms. The van der Waals surface area contributed by atoms with E-state index in [1.54, 1.807) is 6.92 Å². The maximum absolute atomic E-state index is 12.0. The summed E-state index contributed by atoms with van der Waals surface area (Å²) < 4.78 is 5.11. The van der Waals surface area contributed by atoms with Crippen molar-refractivity contribution >= 4 is 11.7 Å². The van der Waals surface area contributed by atoms with Gasteiger partial charge in [-0.3, -0.25) is 4.79 Å². The number of aliphatic hydroxyl groups is 1. The molecular formula is C17H25NO3. The Morgan fingerprint density at radius 3 is 2.43 bits per heavy atom. The Labute approximate surface area is 126 Å². The van der Waals surface area contributed by atoms with E-state index in [0.29, 0.717) is 25.9 Å². The lowest BCUT2D eigenvalue weighted by molar-refractivity contribution is -0.160. The fourth-order valence-electron chi connectivity index (χ4n) is 3.15. The highest BCUT2D eigenvalue weighted by atomic mass is 16.5. The van der Waals surface area contributed by atoms with Crippen molar-refractivity contribution in [3.05, 3.63) is 30.3 Å². The van der Waals surface area contributed by atoms with E-state index in [2.05, 4.69) is 17.0 Å². The van der Waals surface area contributed by atoms with E-state index in [-0.39, 0.29) is 5.97 Å². The molecule has 1 atom stereocenters. The van der Waals surface area contributed by atoms with E-state index in [0.717, 1.165) is 13.1 Å². The van der Waals surface area contributed by atoms with Crippen molar-refractivity contribution in [2.45, 2.75) is 38.7 Å². The molecule has 0 aromatic heterocycles. The zero-order valence-electron chi connectivity index (χ0n) is 12.9. The van der Waals surface area contributed by atoms with Gasteiger partial charge in [0.05, 0.1) is 18.1 Å². The summed E-state index contributed by atoms with van der Waals surface area (Å²) in [6, 6.07) is 10.2. The van der Waals surface area contributed by atoms with Gasteiger partial charge in [0.2, 0.25) is 0 Å². The van der Waals surface area contributed by atoms with Crippen LogP contribution < -0.4 is 4.90 Å². The number of anilines is 1. The molecule has 116 valence electrons. The van der Waals surface area contributed by atoms with Gasteiger partial charge in [0.1, 0.15) is 0 Å². The van der Waals surface area contributed by atoms with Gasteiger partial charge in [-0.1, -0.05) is 25.1 Å². The van der Waals surface area contributed by atoms with E-state index in [4.69, 9.17) is 4.74 Å². The van der Waals surface area contributed by atoms with Crippen LogP contribution >= 0.6 is 0 Å². The zero-order chi connectivity index (χ0) is 15.3. The normalized spacial score (nSPS) is 19.1. The molecule has 1 aromatic carbocycles. The summed E-state index contributed by atoms with van der Waals surface area (Å²) in [5, 5.41) is 10.9. The van der Waals surface area contributed by atoms with Crippen molar-refractivity contribution < 1.29 is 14.6 Å². The molecule has 1 aliphatic rings. The van der Waals surface area contributed by atoms with Crippen LogP contribution in [0.1, 0.15) is 33.1 Å². The third-order valence-electron chi connectivity index (χ3n) is 4.38. The number of rotatable bonds is 5. The van der Waals surface area contributed by atoms with Crippen molar-refractivity contribution in [1.82, 2.24) is 0 Å². The SMILES string of the molecule is CCOC(=O)C(CC)C1(O)CCN(c2ccccc2)CC1. The van der Waals surface area contributed by atoms with Crippen LogP contribution in [-0.2, 0) is 9.53 Å². The summed E-state index contributed by atoms with van der Waals surface area (Å²) >= 11 is 0. The third kappa shape index (κ3) is 3.56. The molecule has 0 saturated carbocycles. The summed E-state index contributed by atoms with van der Waals surface area (Å²) in [4.78, 5) is 14.3. The Bertz CT molecular complexity index is 452. The van der Waals surface area contributed by atoms with Crippen LogP contribution in [0.25, 0.3) is 0 Å². The van der Waals surface area contributed by atoms with Crippen LogP contribution in [0.15, 0.2) is 30.3 Å². The quantitative estimate of drug-likeness (QED) is 0.847. The van der Waals surface area contributed by atoms with Crippen LogP contribution in [0.2, 0.25) is 0 Å². The molecule has 1 heterocycles. The topological polar surface area (TPSA) is 49.8 Å². The third-order valence-corrected chi connectivity index (χ3v) is 4.38. The lowest BCUT2D eigenvalue weighted by Crippen LogP contribution is -2.51. The van der Waals surface area contributed by atoms with Crippen LogP contribution in [0.5, 0.6) is 0 Å². The summed E-state index contributed by atoms with van der Waals surface area (Å²) in [5.41, 5.74) is 0.232. The monoisotopic (exact) mass is 291 g/mol. The minimum atomic E-state index is -0.938. The molecule has 21 heavy (non-hydrogen) atoms. The molecule has 0 aliphatic carbocycles. The molecule has 4 nitrogen and oxygen atoms in total. The smallest absolute Gasteiger partial charge is 0.311 e. The van der Waals surface area contributed by atoms with Crippen LogP contribution in [0.4, 0.5) is 5.69 Å². The number of benzene rings is 1. The van der Waals surface area contributed by atoms with Gasteiger partial charge in [-0.25, -0.2) is 0 Å². The van der Waals surface area contributed by atoms with Gasteiger partial charge >= 0.3 is 5.97 Å². The van der Waals surface area contributed by atoms with E-state index >= 15 is 0 Å². The van der Waals surface area contributed by atoms with Crippen molar-refractivity contribution in [1.29, 1.82) is 0 Å². The highest BCUT2D eigenvalue weighted by Crippen LogP contribution is 2.34. The Balaban J connectivity index is 2.02. The second-order valence-corrected chi connectivity index (χ2v) is 5.64. The fraction of sp³-hybridized carbons (Fsp3) is 0.588. The maximum Gasteiger partial charge on any atom is 0.311 e. The minimum Gasteiger partial charge on any atom is -0.466 e. The maximum atomic E-state index is 12.0. The summed E-state index contributed by atoms with van der Waals surface area (Å²) in [6.07, 6.45) is 1.80. The number of carbonyl (C=O) groups excluding carboxylic acids is 1. The lowest BCUT2D eigenvalue weighted by Gasteiger charge is -2.42. The predicted octanol–water partition coefficient (Wildman–Crippen LogP) is 2.61. The number of hydrogen-bond acceptors (Lipinski definition) is 4. The summed E-state index contributed by atoms with van der Waals surface area (Å²) in [7, 11) is 0. The highest BCUT2D eigenvalue weighted by Gasteiger charge is 2.43. The summed E-state index contributed by atoms with van der Waals surface area (Å²) in [6.45, 7) is 5.62. The molecule has 0 amide bonds. The molecule has 1 aliphatic heterocycles. The highest BCUT2D eigenvalue weighted by molar-refractivity contribution is 5.74. The molecule has 1 N–H and O–H groups in total. The van der Waals surface area contributed by atoms with E-state index < -0.39 is 11.5 Å². The molecule has 1 saturated heterocycles. The predicted molar refractivity (Wildman–Crippen MR) is 83.3 cm³/mol. The van der Waals surface area contributed by atoms with Gasteiger partial charge in [0, 0.05) is 18.8 Å². The Morgan fingerprint density at radius 2 is 1.90 bits per heavy atom.